The van der Waals surface area contributed by atoms with Crippen molar-refractivity contribution < 1.29 is 12.6 Å². The fourth-order valence-electron chi connectivity index (χ4n) is 0.957. The van der Waals surface area contributed by atoms with Crippen LogP contribution in [0, 0.1) is 6.92 Å². The molecule has 0 saturated carbocycles. The Balaban J connectivity index is 2.83. The second-order valence-electron chi connectivity index (χ2n) is 3.19. The second-order valence-corrected chi connectivity index (χ2v) is 10.3. The highest BCUT2D eigenvalue weighted by molar-refractivity contribution is 14.2. The lowest BCUT2D eigenvalue weighted by molar-refractivity contribution is 0.356. The summed E-state index contributed by atoms with van der Waals surface area (Å²) >= 11 is 6.32. The normalized spacial score (nSPS) is 11.3. The SMILES string of the molecule is Cc1ccc(S(=O)(=O)OCC(I)=C(I)I)cc1. The third-order valence-electron chi connectivity index (χ3n) is 1.86. The Morgan fingerprint density at radius 3 is 2.18 bits per heavy atom. The van der Waals surface area contributed by atoms with Gasteiger partial charge in [0.25, 0.3) is 10.1 Å². The fraction of sp³-hybridized carbons (Fsp3) is 0.200. The van der Waals surface area contributed by atoms with Crippen molar-refractivity contribution in [2.45, 2.75) is 11.8 Å². The Hall–Kier alpha value is 1.06. The van der Waals surface area contributed by atoms with E-state index in [1.165, 1.54) is 0 Å². The topological polar surface area (TPSA) is 43.4 Å². The molecule has 7 heteroatoms. The van der Waals surface area contributed by atoms with Gasteiger partial charge in [-0.15, -0.1) is 0 Å². The second kappa shape index (κ2) is 7.01. The minimum absolute atomic E-state index is 0.0813. The molecule has 1 aromatic rings. The first kappa shape index (κ1) is 16.1. The number of halogens is 3. The van der Waals surface area contributed by atoms with Gasteiger partial charge < -0.3 is 0 Å². The summed E-state index contributed by atoms with van der Waals surface area (Å²) in [6.07, 6.45) is 0. The van der Waals surface area contributed by atoms with E-state index in [-0.39, 0.29) is 11.5 Å². The maximum Gasteiger partial charge on any atom is 0.297 e. The molecular formula is C10H9I3O3S. The molecule has 3 nitrogen and oxygen atoms in total. The van der Waals surface area contributed by atoms with Crippen molar-refractivity contribution in [2.24, 2.45) is 0 Å². The Labute approximate surface area is 142 Å². The average Bonchev–Trinajstić information content (AvgIpc) is 2.26. The summed E-state index contributed by atoms with van der Waals surface area (Å²) in [5.41, 5.74) is 1.01. The summed E-state index contributed by atoms with van der Waals surface area (Å²) < 4.78 is 30.5. The molecule has 1 rings (SSSR count). The fourth-order valence-corrected chi connectivity index (χ4v) is 2.51. The van der Waals surface area contributed by atoms with Gasteiger partial charge in [-0.2, -0.15) is 8.42 Å². The molecule has 0 amide bonds. The monoisotopic (exact) mass is 590 g/mol. The number of rotatable bonds is 4. The zero-order valence-corrected chi connectivity index (χ0v) is 16.1. The molecule has 17 heavy (non-hydrogen) atoms. The zero-order valence-electron chi connectivity index (χ0n) is 8.78. The summed E-state index contributed by atoms with van der Waals surface area (Å²) in [4.78, 5) is 0.191. The summed E-state index contributed by atoms with van der Waals surface area (Å²) in [5, 5.41) is 0. The Kier molecular flexibility index (Phi) is 6.64. The number of aryl methyl sites for hydroxylation is 1. The Morgan fingerprint density at radius 2 is 1.71 bits per heavy atom. The van der Waals surface area contributed by atoms with E-state index < -0.39 is 10.1 Å². The van der Waals surface area contributed by atoms with Gasteiger partial charge in [0.15, 0.2) is 0 Å². The molecule has 0 aliphatic rings. The molecule has 0 saturated heterocycles. The molecule has 0 radical (unpaired) electrons. The van der Waals surface area contributed by atoms with Crippen LogP contribution >= 0.6 is 67.8 Å². The lowest BCUT2D eigenvalue weighted by Gasteiger charge is -2.05. The van der Waals surface area contributed by atoms with E-state index >= 15 is 0 Å². The molecule has 0 bridgehead atoms. The molecule has 94 valence electrons. The number of hydrogen-bond donors (Lipinski definition) is 0. The van der Waals surface area contributed by atoms with Gasteiger partial charge in [-0.1, -0.05) is 17.7 Å². The van der Waals surface area contributed by atoms with Crippen LogP contribution in [0.1, 0.15) is 5.56 Å². The molecule has 0 aliphatic heterocycles. The average molecular weight is 590 g/mol. The van der Waals surface area contributed by atoms with Gasteiger partial charge in [-0.25, -0.2) is 0 Å². The Morgan fingerprint density at radius 1 is 1.18 bits per heavy atom. The van der Waals surface area contributed by atoms with Gasteiger partial charge in [0.05, 0.1) is 13.1 Å². The third kappa shape index (κ3) is 5.28. The van der Waals surface area contributed by atoms with Crippen LogP contribution in [0.25, 0.3) is 0 Å². The van der Waals surface area contributed by atoms with E-state index in [0.717, 1.165) is 10.7 Å². The van der Waals surface area contributed by atoms with Gasteiger partial charge in [-0.05, 0) is 86.8 Å². The van der Waals surface area contributed by atoms with Crippen LogP contribution in [0.15, 0.2) is 34.3 Å². The molecule has 0 aromatic heterocycles. The van der Waals surface area contributed by atoms with Crippen molar-refractivity contribution in [1.82, 2.24) is 0 Å². The smallest absolute Gasteiger partial charge is 0.261 e. The number of benzene rings is 1. The van der Waals surface area contributed by atoms with Crippen molar-refractivity contribution in [1.29, 1.82) is 0 Å². The van der Waals surface area contributed by atoms with Gasteiger partial charge in [0.1, 0.15) is 0 Å². The van der Waals surface area contributed by atoms with Gasteiger partial charge in [0.2, 0.25) is 0 Å². The Bertz CT molecular complexity index is 516. The van der Waals surface area contributed by atoms with E-state index in [9.17, 15) is 8.42 Å². The zero-order chi connectivity index (χ0) is 13.1. The largest absolute Gasteiger partial charge is 0.297 e. The minimum atomic E-state index is -3.65. The molecule has 0 N–H and O–H groups in total. The molecule has 0 atom stereocenters. The van der Waals surface area contributed by atoms with Crippen LogP contribution in [0.4, 0.5) is 0 Å². The summed E-state index contributed by atoms with van der Waals surface area (Å²) in [7, 11) is -3.65. The predicted octanol–water partition coefficient (Wildman–Crippen LogP) is 4.17. The molecule has 0 heterocycles. The van der Waals surface area contributed by atoms with Crippen molar-refractivity contribution in [3.63, 3.8) is 0 Å². The highest BCUT2D eigenvalue weighted by Crippen LogP contribution is 2.26. The van der Waals surface area contributed by atoms with Gasteiger partial charge >= 0.3 is 0 Å². The first-order valence-corrected chi connectivity index (χ1v) is 9.13. The first-order valence-electron chi connectivity index (χ1n) is 4.48. The van der Waals surface area contributed by atoms with Crippen molar-refractivity contribution in [3.8, 4) is 0 Å². The lowest BCUT2D eigenvalue weighted by Crippen LogP contribution is -2.07. The minimum Gasteiger partial charge on any atom is -0.261 e. The van der Waals surface area contributed by atoms with Crippen molar-refractivity contribution in [2.75, 3.05) is 6.61 Å². The molecule has 0 spiro atoms. The van der Waals surface area contributed by atoms with E-state index in [1.807, 2.05) is 6.92 Å². The molecule has 0 aliphatic carbocycles. The van der Waals surface area contributed by atoms with Crippen LogP contribution in [0.3, 0.4) is 0 Å². The van der Waals surface area contributed by atoms with Crippen molar-refractivity contribution in [3.05, 3.63) is 35.0 Å². The standard InChI is InChI=1S/C10H9I3O3S/c1-7-2-4-8(5-3-7)17(14,15)16-6-9(11)10(12)13/h2-5H,6H2,1H3. The number of hydrogen-bond acceptors (Lipinski definition) is 3. The van der Waals surface area contributed by atoms with Crippen LogP contribution in [0.5, 0.6) is 0 Å². The van der Waals surface area contributed by atoms with Crippen LogP contribution in [-0.4, -0.2) is 15.0 Å². The third-order valence-corrected chi connectivity index (χ3v) is 7.35. The molecule has 0 fully saturated rings. The molecule has 0 unspecified atom stereocenters. The highest BCUT2D eigenvalue weighted by Gasteiger charge is 2.15. The maximum absolute atomic E-state index is 11.8. The van der Waals surface area contributed by atoms with Gasteiger partial charge in [-0.3, -0.25) is 4.18 Å². The summed E-state index contributed by atoms with van der Waals surface area (Å²) in [6, 6.07) is 6.60. The van der Waals surface area contributed by atoms with E-state index in [0.29, 0.717) is 0 Å². The summed E-state index contributed by atoms with van der Waals surface area (Å²) in [5.74, 6) is 0. The van der Waals surface area contributed by atoms with Gasteiger partial charge in [0, 0.05) is 3.58 Å². The molecular weight excluding hydrogens is 581 g/mol. The summed E-state index contributed by atoms with van der Waals surface area (Å²) in [6.45, 7) is 1.99. The van der Waals surface area contributed by atoms with E-state index in [2.05, 4.69) is 67.8 Å². The van der Waals surface area contributed by atoms with Crippen LogP contribution in [-0.2, 0) is 14.3 Å². The quantitative estimate of drug-likeness (QED) is 0.391. The van der Waals surface area contributed by atoms with Crippen LogP contribution < -0.4 is 0 Å². The van der Waals surface area contributed by atoms with E-state index in [4.69, 9.17) is 4.18 Å². The van der Waals surface area contributed by atoms with E-state index in [1.54, 1.807) is 24.3 Å². The first-order chi connectivity index (χ1) is 7.83. The van der Waals surface area contributed by atoms with Crippen molar-refractivity contribution >= 4 is 77.9 Å². The maximum atomic E-state index is 11.8. The predicted molar refractivity (Wildman–Crippen MR) is 93.4 cm³/mol. The van der Waals surface area contributed by atoms with Crippen LogP contribution in [0.2, 0.25) is 0 Å². The highest BCUT2D eigenvalue weighted by atomic mass is 127. The molecule has 1 aromatic carbocycles. The lowest BCUT2D eigenvalue weighted by atomic mass is 10.2.